The van der Waals surface area contributed by atoms with Crippen LogP contribution in [-0.2, 0) is 9.53 Å². The predicted molar refractivity (Wildman–Crippen MR) is 88.4 cm³/mol. The summed E-state index contributed by atoms with van der Waals surface area (Å²) in [6.07, 6.45) is 0.667. The Morgan fingerprint density at radius 2 is 1.77 bits per heavy atom. The molecular weight excluding hydrogens is 323 g/mol. The van der Waals surface area contributed by atoms with E-state index in [-0.39, 0.29) is 5.91 Å². The van der Waals surface area contributed by atoms with Crippen molar-refractivity contribution in [3.63, 3.8) is 0 Å². The van der Waals surface area contributed by atoms with Crippen LogP contribution in [0.15, 0.2) is 53.6 Å². The second kappa shape index (κ2) is 7.94. The average molecular weight is 337 g/mol. The van der Waals surface area contributed by atoms with E-state index in [2.05, 4.69) is 10.5 Å². The van der Waals surface area contributed by atoms with Crippen molar-refractivity contribution in [2.45, 2.75) is 6.10 Å². The van der Waals surface area contributed by atoms with Gasteiger partial charge in [0.05, 0.1) is 16.3 Å². The lowest BCUT2D eigenvalue weighted by atomic mass is 10.1. The summed E-state index contributed by atoms with van der Waals surface area (Å²) in [7, 11) is 1.46. The maximum atomic E-state index is 12.1. The maximum Gasteiger partial charge on any atom is 0.273 e. The van der Waals surface area contributed by atoms with Crippen LogP contribution < -0.4 is 5.43 Å². The van der Waals surface area contributed by atoms with Gasteiger partial charge in [0, 0.05) is 12.7 Å². The molecule has 0 heterocycles. The van der Waals surface area contributed by atoms with Crippen molar-refractivity contribution >= 4 is 35.3 Å². The van der Waals surface area contributed by atoms with E-state index in [1.165, 1.54) is 13.3 Å². The fraction of sp³-hybridized carbons (Fsp3) is 0.125. The summed E-state index contributed by atoms with van der Waals surface area (Å²) in [6.45, 7) is 0. The van der Waals surface area contributed by atoms with Gasteiger partial charge in [-0.05, 0) is 17.7 Å². The molecule has 0 saturated carbocycles. The van der Waals surface area contributed by atoms with E-state index in [0.717, 1.165) is 5.56 Å². The van der Waals surface area contributed by atoms with Gasteiger partial charge in [0.1, 0.15) is 0 Å². The molecule has 6 heteroatoms. The Bertz CT molecular complexity index is 655. The minimum atomic E-state index is -0.736. The third-order valence-electron chi connectivity index (χ3n) is 2.94. The SMILES string of the molecule is COC(C(=O)N/N=C/c1c(Cl)cccc1Cl)c1ccccc1. The van der Waals surface area contributed by atoms with Gasteiger partial charge in [-0.1, -0.05) is 59.6 Å². The molecule has 2 aromatic rings. The molecule has 2 rings (SSSR count). The Morgan fingerprint density at radius 1 is 1.14 bits per heavy atom. The standard InChI is InChI=1S/C16H14Cl2N2O2/c1-22-15(11-6-3-2-4-7-11)16(21)20-19-10-12-13(17)8-5-9-14(12)18/h2-10,15H,1H3,(H,20,21)/b19-10+. The van der Waals surface area contributed by atoms with Gasteiger partial charge in [-0.3, -0.25) is 4.79 Å². The molecule has 1 N–H and O–H groups in total. The molecule has 0 aliphatic heterocycles. The summed E-state index contributed by atoms with van der Waals surface area (Å²) in [5, 5.41) is 4.79. The zero-order valence-electron chi connectivity index (χ0n) is 11.8. The minimum Gasteiger partial charge on any atom is -0.367 e. The summed E-state index contributed by atoms with van der Waals surface area (Å²) in [6, 6.07) is 14.3. The van der Waals surface area contributed by atoms with Crippen LogP contribution in [-0.4, -0.2) is 19.2 Å². The third kappa shape index (κ3) is 4.07. The van der Waals surface area contributed by atoms with Crippen LogP contribution in [0.5, 0.6) is 0 Å². The highest BCUT2D eigenvalue weighted by atomic mass is 35.5. The Hall–Kier alpha value is -1.88. The summed E-state index contributed by atoms with van der Waals surface area (Å²) in [5.41, 5.74) is 3.71. The lowest BCUT2D eigenvalue weighted by molar-refractivity contribution is -0.131. The maximum absolute atomic E-state index is 12.1. The second-order valence-electron chi connectivity index (χ2n) is 4.40. The van der Waals surface area contributed by atoms with Gasteiger partial charge < -0.3 is 4.74 Å². The van der Waals surface area contributed by atoms with E-state index in [0.29, 0.717) is 15.6 Å². The molecule has 0 bridgehead atoms. The van der Waals surface area contributed by atoms with Crippen molar-refractivity contribution in [3.05, 3.63) is 69.7 Å². The number of halogens is 2. The number of hydrogen-bond acceptors (Lipinski definition) is 3. The zero-order valence-corrected chi connectivity index (χ0v) is 13.3. The van der Waals surface area contributed by atoms with Crippen molar-refractivity contribution in [2.75, 3.05) is 7.11 Å². The third-order valence-corrected chi connectivity index (χ3v) is 3.60. The number of benzene rings is 2. The molecule has 0 radical (unpaired) electrons. The van der Waals surface area contributed by atoms with E-state index in [1.807, 2.05) is 30.3 Å². The molecule has 0 spiro atoms. The lowest BCUT2D eigenvalue weighted by Gasteiger charge is -2.13. The summed E-state index contributed by atoms with van der Waals surface area (Å²) in [5.74, 6) is -0.381. The van der Waals surface area contributed by atoms with Crippen LogP contribution in [0.25, 0.3) is 0 Å². The van der Waals surface area contributed by atoms with E-state index in [4.69, 9.17) is 27.9 Å². The molecule has 0 aromatic heterocycles. The van der Waals surface area contributed by atoms with Gasteiger partial charge in [-0.2, -0.15) is 5.10 Å². The van der Waals surface area contributed by atoms with Crippen LogP contribution in [0.1, 0.15) is 17.2 Å². The number of nitrogens with zero attached hydrogens (tertiary/aromatic N) is 1. The number of methoxy groups -OCH3 is 1. The van der Waals surface area contributed by atoms with E-state index in [1.54, 1.807) is 18.2 Å². The van der Waals surface area contributed by atoms with Crippen LogP contribution in [0.3, 0.4) is 0 Å². The van der Waals surface area contributed by atoms with Crippen LogP contribution in [0, 0.1) is 0 Å². The van der Waals surface area contributed by atoms with Gasteiger partial charge >= 0.3 is 0 Å². The van der Waals surface area contributed by atoms with E-state index in [9.17, 15) is 4.79 Å². The molecule has 0 fully saturated rings. The van der Waals surface area contributed by atoms with Gasteiger partial charge in [0.25, 0.3) is 5.91 Å². The Balaban J connectivity index is 2.07. The minimum absolute atomic E-state index is 0.381. The first-order chi connectivity index (χ1) is 10.6. The molecule has 0 saturated heterocycles. The monoisotopic (exact) mass is 336 g/mol. The highest BCUT2D eigenvalue weighted by Gasteiger charge is 2.19. The Kier molecular flexibility index (Phi) is 5.95. The highest BCUT2D eigenvalue weighted by molar-refractivity contribution is 6.38. The number of nitrogens with one attached hydrogen (secondary N) is 1. The van der Waals surface area contributed by atoms with Crippen molar-refractivity contribution in [3.8, 4) is 0 Å². The zero-order chi connectivity index (χ0) is 15.9. The molecule has 0 aliphatic carbocycles. The molecule has 1 unspecified atom stereocenters. The summed E-state index contributed by atoms with van der Waals surface area (Å²) in [4.78, 5) is 12.1. The van der Waals surface area contributed by atoms with Crippen molar-refractivity contribution < 1.29 is 9.53 Å². The molecule has 114 valence electrons. The van der Waals surface area contributed by atoms with E-state index >= 15 is 0 Å². The smallest absolute Gasteiger partial charge is 0.273 e. The lowest BCUT2D eigenvalue weighted by Crippen LogP contribution is -2.26. The summed E-state index contributed by atoms with van der Waals surface area (Å²) < 4.78 is 5.21. The number of hydrazone groups is 1. The molecule has 1 amide bonds. The van der Waals surface area contributed by atoms with Crippen molar-refractivity contribution in [1.82, 2.24) is 5.43 Å². The quantitative estimate of drug-likeness (QED) is 0.666. The van der Waals surface area contributed by atoms with E-state index < -0.39 is 6.10 Å². The van der Waals surface area contributed by atoms with Gasteiger partial charge in [-0.15, -0.1) is 0 Å². The number of ether oxygens (including phenoxy) is 1. The van der Waals surface area contributed by atoms with Crippen LogP contribution >= 0.6 is 23.2 Å². The first-order valence-corrected chi connectivity index (χ1v) is 7.23. The van der Waals surface area contributed by atoms with Gasteiger partial charge in [-0.25, -0.2) is 5.43 Å². The first-order valence-electron chi connectivity index (χ1n) is 6.48. The first kappa shape index (κ1) is 16.5. The number of rotatable bonds is 5. The molecule has 2 aromatic carbocycles. The molecular formula is C16H14Cl2N2O2. The number of hydrogen-bond donors (Lipinski definition) is 1. The van der Waals surface area contributed by atoms with Crippen LogP contribution in [0.4, 0.5) is 0 Å². The van der Waals surface area contributed by atoms with Crippen LogP contribution in [0.2, 0.25) is 10.0 Å². The number of amides is 1. The average Bonchev–Trinajstić information content (AvgIpc) is 2.52. The van der Waals surface area contributed by atoms with Crippen molar-refractivity contribution in [1.29, 1.82) is 0 Å². The number of carbonyl (C=O) groups excluding carboxylic acids is 1. The largest absolute Gasteiger partial charge is 0.367 e. The van der Waals surface area contributed by atoms with Gasteiger partial charge in [0.15, 0.2) is 6.10 Å². The highest BCUT2D eigenvalue weighted by Crippen LogP contribution is 2.22. The summed E-state index contributed by atoms with van der Waals surface area (Å²) >= 11 is 12.0. The molecule has 4 nitrogen and oxygen atoms in total. The number of carbonyl (C=O) groups is 1. The fourth-order valence-corrected chi connectivity index (χ4v) is 2.37. The second-order valence-corrected chi connectivity index (χ2v) is 5.21. The molecule has 22 heavy (non-hydrogen) atoms. The van der Waals surface area contributed by atoms with Gasteiger partial charge in [0.2, 0.25) is 0 Å². The fourth-order valence-electron chi connectivity index (χ4n) is 1.88. The Morgan fingerprint density at radius 3 is 2.36 bits per heavy atom. The Labute approximate surface area is 138 Å². The topological polar surface area (TPSA) is 50.7 Å². The normalized spacial score (nSPS) is 12.3. The molecule has 1 atom stereocenters. The predicted octanol–water partition coefficient (Wildman–Crippen LogP) is 3.83. The molecule has 0 aliphatic rings. The van der Waals surface area contributed by atoms with Crippen molar-refractivity contribution in [2.24, 2.45) is 5.10 Å².